The molecule has 2 atom stereocenters. The quantitative estimate of drug-likeness (QED) is 0.445. The molecule has 0 heterocycles. The van der Waals surface area contributed by atoms with Gasteiger partial charge in [0.2, 0.25) is 0 Å². The zero-order chi connectivity index (χ0) is 8.85. The molecule has 0 radical (unpaired) electrons. The number of nitrogens with zero attached hydrogens (tertiary/aromatic N) is 1. The van der Waals surface area contributed by atoms with Crippen molar-refractivity contribution >= 4 is 16.8 Å². The monoisotopic (exact) mass is 177 g/mol. The summed E-state index contributed by atoms with van der Waals surface area (Å²) in [6.07, 6.45) is 2.45. The molecule has 5 heteroatoms. The van der Waals surface area contributed by atoms with E-state index in [1.165, 1.54) is 0 Å². The van der Waals surface area contributed by atoms with Gasteiger partial charge in [-0.3, -0.25) is 9.20 Å². The first-order valence-corrected chi connectivity index (χ1v) is 5.03. The molecule has 0 aliphatic rings. The van der Waals surface area contributed by atoms with Gasteiger partial charge in [-0.2, -0.15) is 0 Å². The third-order valence-electron chi connectivity index (χ3n) is 1.40. The highest BCUT2D eigenvalue weighted by atomic mass is 32.2. The van der Waals surface area contributed by atoms with Gasteiger partial charge in [0.1, 0.15) is 0 Å². The van der Waals surface area contributed by atoms with E-state index < -0.39 is 10.8 Å². The van der Waals surface area contributed by atoms with Gasteiger partial charge in [-0.1, -0.05) is 6.92 Å². The Kier molecular flexibility index (Phi) is 4.85. The minimum atomic E-state index is -0.776. The SMILES string of the molecule is CC(CCN=C(N)N)S(C)=O. The molecule has 66 valence electrons. The number of hydrogen-bond acceptors (Lipinski definition) is 2. The Labute approximate surface area is 69.5 Å². The number of guanidine groups is 1. The fourth-order valence-electron chi connectivity index (χ4n) is 0.541. The second-order valence-corrected chi connectivity index (χ2v) is 4.21. The lowest BCUT2D eigenvalue weighted by Crippen LogP contribution is -2.23. The van der Waals surface area contributed by atoms with Crippen molar-refractivity contribution in [1.29, 1.82) is 0 Å². The molecule has 4 nitrogen and oxygen atoms in total. The molecule has 0 amide bonds. The average Bonchev–Trinajstić information content (AvgIpc) is 1.86. The number of aliphatic imine (C=N–C) groups is 1. The van der Waals surface area contributed by atoms with Gasteiger partial charge in [0.25, 0.3) is 0 Å². The van der Waals surface area contributed by atoms with Crippen LogP contribution in [0.25, 0.3) is 0 Å². The molecular formula is C6H15N3OS. The largest absolute Gasteiger partial charge is 0.370 e. The molecule has 0 saturated heterocycles. The highest BCUT2D eigenvalue weighted by molar-refractivity contribution is 7.84. The van der Waals surface area contributed by atoms with E-state index in [4.69, 9.17) is 11.5 Å². The molecule has 11 heavy (non-hydrogen) atoms. The van der Waals surface area contributed by atoms with Crippen LogP contribution in [0.3, 0.4) is 0 Å². The number of hydrogen-bond donors (Lipinski definition) is 2. The average molecular weight is 177 g/mol. The standard InChI is InChI=1S/C6H15N3OS/c1-5(11(2)10)3-4-9-6(7)8/h5H,3-4H2,1-2H3,(H4,7,8,9). The van der Waals surface area contributed by atoms with Gasteiger partial charge >= 0.3 is 0 Å². The Morgan fingerprint density at radius 2 is 2.18 bits per heavy atom. The molecule has 2 unspecified atom stereocenters. The Morgan fingerprint density at radius 3 is 2.55 bits per heavy atom. The minimum Gasteiger partial charge on any atom is -0.370 e. The molecule has 0 rings (SSSR count). The summed E-state index contributed by atoms with van der Waals surface area (Å²) in [5.74, 6) is 0.0964. The van der Waals surface area contributed by atoms with Crippen molar-refractivity contribution in [3.63, 3.8) is 0 Å². The van der Waals surface area contributed by atoms with Crippen LogP contribution in [0.4, 0.5) is 0 Å². The van der Waals surface area contributed by atoms with Crippen molar-refractivity contribution in [2.75, 3.05) is 12.8 Å². The predicted octanol–water partition coefficient (Wildman–Crippen LogP) is -0.583. The molecule has 0 aromatic rings. The van der Waals surface area contributed by atoms with Crippen molar-refractivity contribution in [2.45, 2.75) is 18.6 Å². The summed E-state index contributed by atoms with van der Waals surface area (Å²) < 4.78 is 10.8. The minimum absolute atomic E-state index is 0.0964. The maximum atomic E-state index is 10.8. The summed E-state index contributed by atoms with van der Waals surface area (Å²) in [7, 11) is -0.776. The van der Waals surface area contributed by atoms with Gasteiger partial charge in [-0.05, 0) is 6.42 Å². The molecule has 0 aliphatic heterocycles. The van der Waals surface area contributed by atoms with E-state index in [0.29, 0.717) is 6.54 Å². The molecular weight excluding hydrogens is 162 g/mol. The van der Waals surface area contributed by atoms with Crippen molar-refractivity contribution in [2.24, 2.45) is 16.5 Å². The first-order chi connectivity index (χ1) is 5.04. The van der Waals surface area contributed by atoms with Crippen LogP contribution in [0.2, 0.25) is 0 Å². The second kappa shape index (κ2) is 5.12. The Balaban J connectivity index is 3.55. The fraction of sp³-hybridized carbons (Fsp3) is 0.833. The van der Waals surface area contributed by atoms with Gasteiger partial charge in [0, 0.05) is 28.9 Å². The number of nitrogens with two attached hydrogens (primary N) is 2. The van der Waals surface area contributed by atoms with Gasteiger partial charge in [0.05, 0.1) is 0 Å². The fourth-order valence-corrected chi connectivity index (χ4v) is 0.979. The molecule has 0 bridgehead atoms. The summed E-state index contributed by atoms with van der Waals surface area (Å²) in [5.41, 5.74) is 10.2. The maximum absolute atomic E-state index is 10.8. The van der Waals surface area contributed by atoms with E-state index in [9.17, 15) is 4.21 Å². The van der Waals surface area contributed by atoms with Gasteiger partial charge in [0.15, 0.2) is 5.96 Å². The summed E-state index contributed by atoms with van der Waals surface area (Å²) in [5, 5.41) is 0.165. The third-order valence-corrected chi connectivity index (χ3v) is 2.77. The Bertz CT molecular complexity index is 165. The van der Waals surface area contributed by atoms with Crippen LogP contribution >= 0.6 is 0 Å². The van der Waals surface area contributed by atoms with Crippen molar-refractivity contribution < 1.29 is 4.21 Å². The second-order valence-electron chi connectivity index (χ2n) is 2.40. The maximum Gasteiger partial charge on any atom is 0.185 e. The van der Waals surface area contributed by atoms with Crippen LogP contribution in [-0.2, 0) is 10.8 Å². The zero-order valence-electron chi connectivity index (χ0n) is 6.91. The van der Waals surface area contributed by atoms with Crippen LogP contribution in [0, 0.1) is 0 Å². The Morgan fingerprint density at radius 1 is 1.64 bits per heavy atom. The molecule has 0 fully saturated rings. The first kappa shape index (κ1) is 10.4. The van der Waals surface area contributed by atoms with Crippen LogP contribution in [0.15, 0.2) is 4.99 Å². The molecule has 0 spiro atoms. The van der Waals surface area contributed by atoms with E-state index in [-0.39, 0.29) is 11.2 Å². The van der Waals surface area contributed by atoms with Crippen LogP contribution in [0.1, 0.15) is 13.3 Å². The molecule has 4 N–H and O–H groups in total. The van der Waals surface area contributed by atoms with Gasteiger partial charge in [-0.15, -0.1) is 0 Å². The summed E-state index contributed by atoms with van der Waals surface area (Å²) >= 11 is 0. The van der Waals surface area contributed by atoms with E-state index >= 15 is 0 Å². The summed E-state index contributed by atoms with van der Waals surface area (Å²) in [6, 6.07) is 0. The van der Waals surface area contributed by atoms with Crippen molar-refractivity contribution in [3.8, 4) is 0 Å². The van der Waals surface area contributed by atoms with E-state index in [2.05, 4.69) is 4.99 Å². The van der Waals surface area contributed by atoms with Crippen LogP contribution in [0.5, 0.6) is 0 Å². The normalized spacial score (nSPS) is 15.5. The van der Waals surface area contributed by atoms with Crippen molar-refractivity contribution in [1.82, 2.24) is 0 Å². The lowest BCUT2D eigenvalue weighted by molar-refractivity contribution is 0.670. The highest BCUT2D eigenvalue weighted by Gasteiger charge is 2.03. The zero-order valence-corrected chi connectivity index (χ0v) is 7.73. The van der Waals surface area contributed by atoms with Gasteiger partial charge in [-0.25, -0.2) is 0 Å². The van der Waals surface area contributed by atoms with E-state index in [1.54, 1.807) is 6.26 Å². The van der Waals surface area contributed by atoms with Crippen molar-refractivity contribution in [3.05, 3.63) is 0 Å². The topological polar surface area (TPSA) is 81.5 Å². The van der Waals surface area contributed by atoms with E-state index in [1.807, 2.05) is 6.92 Å². The van der Waals surface area contributed by atoms with Crippen LogP contribution < -0.4 is 11.5 Å². The predicted molar refractivity (Wildman–Crippen MR) is 48.8 cm³/mol. The summed E-state index contributed by atoms with van der Waals surface area (Å²) in [4.78, 5) is 3.78. The Hall–Kier alpha value is -0.580. The molecule has 0 aliphatic carbocycles. The molecule has 0 saturated carbocycles. The molecule has 0 aromatic carbocycles. The summed E-state index contributed by atoms with van der Waals surface area (Å²) in [6.45, 7) is 2.47. The first-order valence-electron chi connectivity index (χ1n) is 3.41. The highest BCUT2D eigenvalue weighted by Crippen LogP contribution is 1.98. The smallest absolute Gasteiger partial charge is 0.185 e. The molecule has 0 aromatic heterocycles. The lowest BCUT2D eigenvalue weighted by atomic mass is 10.3. The van der Waals surface area contributed by atoms with Crippen LogP contribution in [-0.4, -0.2) is 28.2 Å². The van der Waals surface area contributed by atoms with Gasteiger partial charge < -0.3 is 11.5 Å². The lowest BCUT2D eigenvalue weighted by Gasteiger charge is -2.04. The number of rotatable bonds is 4. The van der Waals surface area contributed by atoms with E-state index in [0.717, 1.165) is 6.42 Å². The third kappa shape index (κ3) is 5.84.